The van der Waals surface area contributed by atoms with Gasteiger partial charge in [-0.25, -0.2) is 9.98 Å². The van der Waals surface area contributed by atoms with Crippen molar-refractivity contribution >= 4 is 113 Å². The van der Waals surface area contributed by atoms with Crippen molar-refractivity contribution in [2.75, 3.05) is 0 Å². The predicted molar refractivity (Wildman–Crippen MR) is 317 cm³/mol. The quantitative estimate of drug-likeness (QED) is 0.118. The minimum absolute atomic E-state index is 0.229. The summed E-state index contributed by atoms with van der Waals surface area (Å²) in [6, 6.07) is 70.5. The zero-order valence-corrected chi connectivity index (χ0v) is 41.6. The maximum absolute atomic E-state index is 6.63. The van der Waals surface area contributed by atoms with Crippen LogP contribution >= 0.6 is 0 Å². The monoisotopic (exact) mass is 976 g/mol. The lowest BCUT2D eigenvalue weighted by Crippen LogP contribution is -2.33. The van der Waals surface area contributed by atoms with Crippen LogP contribution in [-0.2, 0) is 13.0 Å². The number of rotatable bonds is 7. The normalized spacial score (nSPS) is 14.7. The van der Waals surface area contributed by atoms with Crippen molar-refractivity contribution in [2.45, 2.75) is 31.7 Å². The fraction of sp³-hybridized carbons (Fsp3) is 0.0714. The second-order valence-corrected chi connectivity index (χ2v) is 20.1. The molecule has 0 saturated heterocycles. The number of furan rings is 2. The van der Waals surface area contributed by atoms with Gasteiger partial charge in [0.1, 0.15) is 22.3 Å². The van der Waals surface area contributed by atoms with Gasteiger partial charge in [-0.3, -0.25) is 4.99 Å². The highest BCUT2D eigenvalue weighted by Gasteiger charge is 2.22. The van der Waals surface area contributed by atoms with E-state index in [1.165, 1.54) is 59.7 Å². The van der Waals surface area contributed by atoms with E-state index in [2.05, 4.69) is 192 Å². The average molecular weight is 977 g/mol. The molecular formula is C70H48N4O2. The molecule has 0 spiro atoms. The number of fused-ring (bicyclic) bond motifs is 15. The molecule has 10 aromatic carbocycles. The van der Waals surface area contributed by atoms with E-state index in [4.69, 9.17) is 18.8 Å². The summed E-state index contributed by atoms with van der Waals surface area (Å²) in [7, 11) is 0. The minimum atomic E-state index is 0.229. The van der Waals surface area contributed by atoms with Crippen molar-refractivity contribution in [1.29, 1.82) is 0 Å². The molecule has 76 heavy (non-hydrogen) atoms. The Labute approximate surface area is 437 Å². The predicted octanol–water partition coefficient (Wildman–Crippen LogP) is 16.2. The smallest absolute Gasteiger partial charge is 0.161 e. The summed E-state index contributed by atoms with van der Waals surface area (Å²) < 4.78 is 15.6. The maximum atomic E-state index is 6.63. The lowest BCUT2D eigenvalue weighted by atomic mass is 9.83. The number of aromatic nitrogens is 1. The van der Waals surface area contributed by atoms with Gasteiger partial charge in [-0.2, -0.15) is 0 Å². The third-order valence-corrected chi connectivity index (χ3v) is 15.8. The van der Waals surface area contributed by atoms with Gasteiger partial charge in [0.2, 0.25) is 0 Å². The van der Waals surface area contributed by atoms with Crippen LogP contribution in [0.3, 0.4) is 0 Å². The molecule has 6 heteroatoms. The SMILES string of the molecule is C=NC(=NC(=NCc1cccc(-n2c3ccccc3c3ccccc32)c1)c1ccccc1)c1cccc2oc3ccc(-c4cccc5oc6ccc(C7C=c8c9c(c%10ccccc%10c8=CC7)CCC=C9)cc6c45)cc3c12. The van der Waals surface area contributed by atoms with Crippen LogP contribution in [0.15, 0.2) is 230 Å². The Balaban J connectivity index is 0.814. The van der Waals surface area contributed by atoms with E-state index in [0.717, 1.165) is 96.6 Å². The number of aliphatic imine (C=N–C) groups is 3. The summed E-state index contributed by atoms with van der Waals surface area (Å²) in [6.45, 7) is 4.49. The van der Waals surface area contributed by atoms with E-state index in [9.17, 15) is 0 Å². The van der Waals surface area contributed by atoms with Gasteiger partial charge in [0.25, 0.3) is 0 Å². The second kappa shape index (κ2) is 17.8. The Hall–Kier alpha value is -9.65. The van der Waals surface area contributed by atoms with Gasteiger partial charge in [0.15, 0.2) is 11.7 Å². The van der Waals surface area contributed by atoms with Crippen LogP contribution in [-0.4, -0.2) is 23.0 Å². The molecule has 0 fully saturated rings. The van der Waals surface area contributed by atoms with E-state index in [1.807, 2.05) is 48.5 Å². The van der Waals surface area contributed by atoms with Crippen molar-refractivity contribution in [3.8, 4) is 16.8 Å². The van der Waals surface area contributed by atoms with E-state index in [0.29, 0.717) is 18.2 Å². The molecule has 1 atom stereocenters. The lowest BCUT2D eigenvalue weighted by molar-refractivity contribution is 0.668. The van der Waals surface area contributed by atoms with Crippen LogP contribution in [0.2, 0.25) is 0 Å². The standard InChI is InChI=1S/C70H48N4O2/c1-71-70(73-69(44-17-3-2-4-18-44)72-42-43-16-13-19-48(38-43)74-61-28-11-9-24-55(61)56-25-10-12-29-62(56)74)57-27-15-31-66-68(57)60-41-47(34-37-64(60)76-66)49-26-14-30-65-67(49)59-40-46(33-36-63(59)75-65)45-32-35-54-52-22-6-5-20-50(52)51-21-7-8-23-53(51)58(54)39-45/h2-6,8-20,22-31,33-41,45H,1,7,21,32,42H2. The Bertz CT molecular complexity index is 4740. The molecule has 0 radical (unpaired) electrons. The van der Waals surface area contributed by atoms with E-state index >= 15 is 0 Å². The Morgan fingerprint density at radius 3 is 2.07 bits per heavy atom. The molecule has 6 nitrogen and oxygen atoms in total. The first-order chi connectivity index (χ1) is 37.6. The zero-order chi connectivity index (χ0) is 50.3. The number of para-hydroxylation sites is 2. The van der Waals surface area contributed by atoms with Crippen LogP contribution in [0.5, 0.6) is 0 Å². The van der Waals surface area contributed by atoms with Gasteiger partial charge in [-0.1, -0.05) is 164 Å². The molecule has 2 aliphatic carbocycles. The summed E-state index contributed by atoms with van der Waals surface area (Å²) in [5.41, 5.74) is 15.7. The van der Waals surface area contributed by atoms with E-state index in [1.54, 1.807) is 0 Å². The number of allylic oxidation sites excluding steroid dienone is 1. The third-order valence-electron chi connectivity index (χ3n) is 15.8. The number of hydrogen-bond acceptors (Lipinski definition) is 3. The Morgan fingerprint density at radius 2 is 1.26 bits per heavy atom. The van der Waals surface area contributed by atoms with Crippen molar-refractivity contribution in [3.05, 3.63) is 250 Å². The molecular weight excluding hydrogens is 929 g/mol. The van der Waals surface area contributed by atoms with Crippen molar-refractivity contribution in [3.63, 3.8) is 0 Å². The van der Waals surface area contributed by atoms with Crippen LogP contribution in [0, 0.1) is 0 Å². The molecule has 0 aliphatic heterocycles. The van der Waals surface area contributed by atoms with E-state index < -0.39 is 0 Å². The van der Waals surface area contributed by atoms with Gasteiger partial charge >= 0.3 is 0 Å². The molecule has 15 rings (SSSR count). The van der Waals surface area contributed by atoms with Crippen molar-refractivity contribution < 1.29 is 8.83 Å². The minimum Gasteiger partial charge on any atom is -0.456 e. The fourth-order valence-electron chi connectivity index (χ4n) is 12.3. The summed E-state index contributed by atoms with van der Waals surface area (Å²) in [4.78, 5) is 15.1. The topological polar surface area (TPSA) is 68.3 Å². The molecule has 0 bridgehead atoms. The van der Waals surface area contributed by atoms with Crippen molar-refractivity contribution in [2.24, 2.45) is 15.0 Å². The second-order valence-electron chi connectivity index (χ2n) is 20.1. The van der Waals surface area contributed by atoms with Crippen LogP contribution in [0.25, 0.3) is 111 Å². The summed E-state index contributed by atoms with van der Waals surface area (Å²) in [6.07, 6.45) is 12.8. The summed E-state index contributed by atoms with van der Waals surface area (Å²) in [5, 5.41) is 12.0. The van der Waals surface area contributed by atoms with Gasteiger partial charge < -0.3 is 13.4 Å². The zero-order valence-electron chi connectivity index (χ0n) is 41.6. The number of nitrogens with zero attached hydrogens (tertiary/aromatic N) is 4. The largest absolute Gasteiger partial charge is 0.456 e. The molecule has 0 amide bonds. The van der Waals surface area contributed by atoms with E-state index in [-0.39, 0.29) is 5.92 Å². The highest BCUT2D eigenvalue weighted by atomic mass is 16.3. The number of aryl methyl sites for hydroxylation is 1. The van der Waals surface area contributed by atoms with Gasteiger partial charge in [0, 0.05) is 55.0 Å². The molecule has 13 aromatic rings. The number of amidine groups is 2. The highest BCUT2D eigenvalue weighted by molar-refractivity contribution is 6.23. The maximum Gasteiger partial charge on any atom is 0.161 e. The molecule has 3 heterocycles. The Kier molecular flexibility index (Phi) is 10.3. The first-order valence-electron chi connectivity index (χ1n) is 26.2. The third kappa shape index (κ3) is 7.13. The Morgan fingerprint density at radius 1 is 0.566 bits per heavy atom. The summed E-state index contributed by atoms with van der Waals surface area (Å²) in [5.74, 6) is 1.25. The van der Waals surface area contributed by atoms with Gasteiger partial charge in [-0.15, -0.1) is 0 Å². The van der Waals surface area contributed by atoms with Gasteiger partial charge in [0.05, 0.1) is 17.6 Å². The molecule has 0 N–H and O–H groups in total. The molecule has 2 aliphatic rings. The number of benzene rings is 10. The average Bonchev–Trinajstić information content (AvgIpc) is 4.23. The molecule has 1 unspecified atom stereocenters. The van der Waals surface area contributed by atoms with Crippen LogP contribution < -0.4 is 10.4 Å². The first-order valence-corrected chi connectivity index (χ1v) is 26.2. The van der Waals surface area contributed by atoms with Crippen molar-refractivity contribution in [1.82, 2.24) is 4.57 Å². The number of hydrogen-bond donors (Lipinski definition) is 0. The van der Waals surface area contributed by atoms with Crippen LogP contribution in [0.4, 0.5) is 0 Å². The molecule has 360 valence electrons. The first kappa shape index (κ1) is 43.9. The fourth-order valence-corrected chi connectivity index (χ4v) is 12.3. The van der Waals surface area contributed by atoms with Gasteiger partial charge in [-0.05, 0) is 141 Å². The lowest BCUT2D eigenvalue weighted by Gasteiger charge is -2.21. The molecule has 3 aromatic heterocycles. The summed E-state index contributed by atoms with van der Waals surface area (Å²) >= 11 is 0. The highest BCUT2D eigenvalue weighted by Crippen LogP contribution is 2.42. The van der Waals surface area contributed by atoms with Crippen LogP contribution in [0.1, 0.15) is 52.1 Å². The molecule has 0 saturated carbocycles.